The summed E-state index contributed by atoms with van der Waals surface area (Å²) in [6.07, 6.45) is 2.37. The van der Waals surface area contributed by atoms with Gasteiger partial charge in [-0.05, 0) is 49.8 Å². The van der Waals surface area contributed by atoms with Crippen molar-refractivity contribution in [2.75, 3.05) is 13.2 Å². The quantitative estimate of drug-likeness (QED) is 0.810. The van der Waals surface area contributed by atoms with Gasteiger partial charge in [-0.15, -0.1) is 0 Å². The molecule has 1 aliphatic heterocycles. The van der Waals surface area contributed by atoms with Gasteiger partial charge in [0.2, 0.25) is 0 Å². The summed E-state index contributed by atoms with van der Waals surface area (Å²) in [4.78, 5) is 5.28. The topological polar surface area (TPSA) is 60.0 Å². The lowest BCUT2D eigenvalue weighted by Gasteiger charge is -2.39. The summed E-state index contributed by atoms with van der Waals surface area (Å²) in [6.45, 7) is 6.94. The van der Waals surface area contributed by atoms with E-state index in [1.54, 1.807) is 6.92 Å². The van der Waals surface area contributed by atoms with Gasteiger partial charge in [0.25, 0.3) is 0 Å². The van der Waals surface area contributed by atoms with Crippen LogP contribution in [0.25, 0.3) is 0 Å². The maximum Gasteiger partial charge on any atom is 0.301 e. The Balaban J connectivity index is 1.81. The number of aliphatic hydroxyl groups excluding tert-OH is 1. The Bertz CT molecular complexity index is 611. The normalized spacial score (nSPS) is 25.7. The highest BCUT2D eigenvalue weighted by atomic mass is 16.7. The maximum absolute atomic E-state index is 9.86. The van der Waals surface area contributed by atoms with Crippen LogP contribution in [0.2, 0.25) is 0 Å². The minimum atomic E-state index is -0.460. The number of aliphatic hydroxyl groups is 1. The van der Waals surface area contributed by atoms with E-state index in [4.69, 9.17) is 14.3 Å². The van der Waals surface area contributed by atoms with Gasteiger partial charge in [0.1, 0.15) is 18.4 Å². The summed E-state index contributed by atoms with van der Waals surface area (Å²) < 4.78 is 12.1. The Labute approximate surface area is 143 Å². The first-order chi connectivity index (χ1) is 11.6. The smallest absolute Gasteiger partial charge is 0.301 e. The fraction of sp³-hybridized carbons (Fsp3) is 0.579. The van der Waals surface area contributed by atoms with Crippen molar-refractivity contribution < 1.29 is 19.4 Å². The third kappa shape index (κ3) is 3.37. The number of aryl methyl sites for hydroxylation is 1. The predicted octanol–water partition coefficient (Wildman–Crippen LogP) is 3.31. The van der Waals surface area contributed by atoms with E-state index < -0.39 is 6.10 Å². The van der Waals surface area contributed by atoms with E-state index in [9.17, 15) is 5.11 Å². The highest BCUT2D eigenvalue weighted by molar-refractivity contribution is 5.39. The predicted molar refractivity (Wildman–Crippen MR) is 91.0 cm³/mol. The van der Waals surface area contributed by atoms with Crippen LogP contribution in [0, 0.1) is 0 Å². The lowest BCUT2D eigenvalue weighted by atomic mass is 9.79. The van der Waals surface area contributed by atoms with Gasteiger partial charge >= 0.3 is 5.95 Å². The molecule has 0 saturated carbocycles. The van der Waals surface area contributed by atoms with E-state index in [-0.39, 0.29) is 12.0 Å². The number of hydrogen-bond donors (Lipinski definition) is 2. The number of rotatable bonds is 5. The van der Waals surface area contributed by atoms with E-state index >= 15 is 0 Å². The van der Waals surface area contributed by atoms with Crippen molar-refractivity contribution in [2.45, 2.75) is 58.2 Å². The highest BCUT2D eigenvalue weighted by Crippen LogP contribution is 2.39. The fourth-order valence-corrected chi connectivity index (χ4v) is 3.40. The Hall–Kier alpha value is -1.72. The summed E-state index contributed by atoms with van der Waals surface area (Å²) in [5.41, 5.74) is 7.30. The number of allylic oxidation sites excluding steroid dienone is 1. The summed E-state index contributed by atoms with van der Waals surface area (Å²) in [6, 6.07) is 6.26. The minimum absolute atomic E-state index is 0.107. The van der Waals surface area contributed by atoms with Crippen LogP contribution in [0.1, 0.15) is 62.3 Å². The summed E-state index contributed by atoms with van der Waals surface area (Å²) >= 11 is 0. The van der Waals surface area contributed by atoms with Crippen LogP contribution >= 0.6 is 0 Å². The standard InChI is InChI=1S/C19H27NO4/c1-4-17(20-23-5-2)19-22-11-16-15-10-14(12(3)21)7-6-13(15)8-9-18(16)24-19/h6-7,10,12,16,18,20-21H,4-5,8-9,11H2,1-3H3. The van der Waals surface area contributed by atoms with Gasteiger partial charge in [0.15, 0.2) is 0 Å². The van der Waals surface area contributed by atoms with E-state index in [2.05, 4.69) is 17.6 Å². The molecule has 0 aromatic heterocycles. The zero-order valence-corrected chi connectivity index (χ0v) is 14.7. The van der Waals surface area contributed by atoms with Crippen molar-refractivity contribution in [3.63, 3.8) is 0 Å². The van der Waals surface area contributed by atoms with Gasteiger partial charge in [-0.1, -0.05) is 25.1 Å². The average molecular weight is 333 g/mol. The first-order valence-corrected chi connectivity index (χ1v) is 8.85. The number of ether oxygens (including phenoxy) is 2. The molecule has 5 heteroatoms. The molecule has 1 aromatic rings. The molecular formula is C19H27NO4. The number of hydrogen-bond acceptors (Lipinski definition) is 5. The molecule has 2 aliphatic rings. The van der Waals surface area contributed by atoms with Crippen LogP contribution in [0.15, 0.2) is 29.8 Å². The molecule has 2 N–H and O–H groups in total. The largest absolute Gasteiger partial charge is 0.463 e. The zero-order chi connectivity index (χ0) is 17.1. The lowest BCUT2D eigenvalue weighted by molar-refractivity contribution is -0.0925. The number of hydroxylamine groups is 1. The van der Waals surface area contributed by atoms with Crippen molar-refractivity contribution in [2.24, 2.45) is 0 Å². The lowest BCUT2D eigenvalue weighted by Crippen LogP contribution is -2.37. The molecule has 1 aliphatic carbocycles. The molecule has 1 aromatic carbocycles. The molecule has 132 valence electrons. The van der Waals surface area contributed by atoms with Crippen LogP contribution in [-0.4, -0.2) is 24.4 Å². The second-order valence-corrected chi connectivity index (χ2v) is 6.40. The second kappa shape index (κ2) is 7.45. The van der Waals surface area contributed by atoms with E-state index in [1.807, 2.05) is 19.9 Å². The van der Waals surface area contributed by atoms with Crippen LogP contribution in [0.3, 0.4) is 0 Å². The number of fused-ring (bicyclic) bond motifs is 3. The van der Waals surface area contributed by atoms with Crippen molar-refractivity contribution in [3.05, 3.63) is 46.5 Å². The summed E-state index contributed by atoms with van der Waals surface area (Å²) in [7, 11) is 0. The van der Waals surface area contributed by atoms with Gasteiger partial charge in [0.05, 0.1) is 18.6 Å². The molecule has 3 atom stereocenters. The minimum Gasteiger partial charge on any atom is -0.463 e. The van der Waals surface area contributed by atoms with Crippen LogP contribution < -0.4 is 5.48 Å². The van der Waals surface area contributed by atoms with Crippen molar-refractivity contribution in [1.82, 2.24) is 5.48 Å². The van der Waals surface area contributed by atoms with Crippen molar-refractivity contribution in [3.8, 4) is 0 Å². The first kappa shape index (κ1) is 17.1. The van der Waals surface area contributed by atoms with Gasteiger partial charge in [-0.3, -0.25) is 10.3 Å². The Morgan fingerprint density at radius 2 is 2.25 bits per heavy atom. The Kier molecular flexibility index (Phi) is 5.31. The monoisotopic (exact) mass is 333 g/mol. The maximum atomic E-state index is 9.86. The van der Waals surface area contributed by atoms with Gasteiger partial charge in [-0.2, -0.15) is 0 Å². The molecule has 1 saturated heterocycles. The van der Waals surface area contributed by atoms with Gasteiger partial charge in [0, 0.05) is 0 Å². The molecule has 1 fully saturated rings. The molecule has 0 radical (unpaired) electrons. The summed E-state index contributed by atoms with van der Waals surface area (Å²) in [5, 5.41) is 9.86. The van der Waals surface area contributed by atoms with E-state index in [0.717, 1.165) is 30.5 Å². The molecular weight excluding hydrogens is 306 g/mol. The average Bonchev–Trinajstić information content (AvgIpc) is 2.61. The summed E-state index contributed by atoms with van der Waals surface area (Å²) in [5.74, 6) is 0.767. The number of nitrogens with one attached hydrogen (secondary N) is 1. The molecule has 5 nitrogen and oxygen atoms in total. The van der Waals surface area contributed by atoms with E-state index in [0.29, 0.717) is 19.2 Å². The molecule has 3 rings (SSSR count). The fourth-order valence-electron chi connectivity index (χ4n) is 3.40. The third-order valence-corrected chi connectivity index (χ3v) is 4.79. The molecule has 0 amide bonds. The molecule has 1 heterocycles. The molecule has 0 spiro atoms. The molecule has 0 bridgehead atoms. The molecule has 3 unspecified atom stereocenters. The van der Waals surface area contributed by atoms with Gasteiger partial charge in [-0.25, -0.2) is 0 Å². The first-order valence-electron chi connectivity index (χ1n) is 8.85. The van der Waals surface area contributed by atoms with Crippen LogP contribution in [0.4, 0.5) is 0 Å². The highest BCUT2D eigenvalue weighted by Gasteiger charge is 2.37. The van der Waals surface area contributed by atoms with Crippen molar-refractivity contribution in [1.29, 1.82) is 0 Å². The third-order valence-electron chi connectivity index (χ3n) is 4.79. The van der Waals surface area contributed by atoms with Gasteiger partial charge < -0.3 is 14.6 Å². The number of benzene rings is 1. The molecule has 24 heavy (non-hydrogen) atoms. The van der Waals surface area contributed by atoms with Crippen LogP contribution in [-0.2, 0) is 20.7 Å². The van der Waals surface area contributed by atoms with E-state index in [1.165, 1.54) is 11.1 Å². The SMILES string of the molecule is CCONC(CC)=C1OCC2c3cc(C(C)O)ccc3CCC2O1. The zero-order valence-electron chi connectivity index (χ0n) is 14.7. The Morgan fingerprint density at radius 3 is 2.96 bits per heavy atom. The van der Waals surface area contributed by atoms with Crippen molar-refractivity contribution >= 4 is 0 Å². The second-order valence-electron chi connectivity index (χ2n) is 6.40. The van der Waals surface area contributed by atoms with Crippen LogP contribution in [0.5, 0.6) is 0 Å². The Morgan fingerprint density at radius 1 is 1.42 bits per heavy atom.